The number of carbonyl (C=O) groups is 1. The van der Waals surface area contributed by atoms with Crippen LogP contribution in [-0.2, 0) is 16.6 Å². The van der Waals surface area contributed by atoms with Crippen LogP contribution in [-0.4, -0.2) is 57.9 Å². The minimum atomic E-state index is -0.935. The van der Waals surface area contributed by atoms with Gasteiger partial charge >= 0.3 is 0 Å². The Labute approximate surface area is 220 Å². The topological polar surface area (TPSA) is 82.0 Å². The van der Waals surface area contributed by atoms with Crippen LogP contribution in [0, 0.1) is 5.92 Å². The molecule has 7 rings (SSSR count). The van der Waals surface area contributed by atoms with Crippen LogP contribution in [0.1, 0.15) is 61.6 Å². The van der Waals surface area contributed by atoms with Crippen LogP contribution in [0.3, 0.4) is 0 Å². The summed E-state index contributed by atoms with van der Waals surface area (Å²) in [5.41, 5.74) is 1.59. The average Bonchev–Trinajstić information content (AvgIpc) is 3.61. The third kappa shape index (κ3) is 3.12. The van der Waals surface area contributed by atoms with Gasteiger partial charge < -0.3 is 20.3 Å². The predicted molar refractivity (Wildman–Crippen MR) is 139 cm³/mol. The van der Waals surface area contributed by atoms with Crippen LogP contribution in [0.4, 0.5) is 0 Å². The second-order valence-corrected chi connectivity index (χ2v) is 12.6. The summed E-state index contributed by atoms with van der Waals surface area (Å²) in [5, 5.41) is 26.6. The maximum absolute atomic E-state index is 13.4. The molecule has 0 aromatic heterocycles. The third-order valence-electron chi connectivity index (χ3n) is 9.85. The molecule has 36 heavy (non-hydrogen) atoms. The number of aromatic hydroxyl groups is 1. The lowest BCUT2D eigenvalue weighted by Gasteiger charge is -2.64. The molecule has 6 atom stereocenters. The molecular weight excluding hydrogens is 520 g/mol. The molecule has 3 N–H and O–H groups in total. The van der Waals surface area contributed by atoms with E-state index in [-0.39, 0.29) is 29.7 Å². The molecule has 3 fully saturated rings. The van der Waals surface area contributed by atoms with Gasteiger partial charge in [-0.1, -0.05) is 34.1 Å². The van der Waals surface area contributed by atoms with E-state index in [0.717, 1.165) is 47.4 Å². The van der Waals surface area contributed by atoms with E-state index in [2.05, 4.69) is 26.1 Å². The van der Waals surface area contributed by atoms with Crippen molar-refractivity contribution in [3.63, 3.8) is 0 Å². The number of benzene rings is 2. The zero-order chi connectivity index (χ0) is 24.8. The molecule has 2 bridgehead atoms. The van der Waals surface area contributed by atoms with Gasteiger partial charge in [0.15, 0.2) is 11.5 Å². The molecule has 2 aliphatic heterocycles. The van der Waals surface area contributed by atoms with Gasteiger partial charge in [0.25, 0.3) is 0 Å². The van der Waals surface area contributed by atoms with Gasteiger partial charge in [0.2, 0.25) is 5.91 Å². The van der Waals surface area contributed by atoms with Crippen molar-refractivity contribution in [2.24, 2.45) is 5.92 Å². The molecule has 2 aromatic carbocycles. The number of nitrogens with zero attached hydrogens (tertiary/aromatic N) is 1. The average molecular weight is 553 g/mol. The van der Waals surface area contributed by atoms with E-state index in [9.17, 15) is 15.0 Å². The largest absolute Gasteiger partial charge is 0.504 e. The zero-order valence-corrected chi connectivity index (χ0v) is 22.1. The van der Waals surface area contributed by atoms with E-state index in [1.54, 1.807) is 6.07 Å². The van der Waals surface area contributed by atoms with Crippen LogP contribution in [0.25, 0.3) is 0 Å². The lowest BCUT2D eigenvalue weighted by atomic mass is 9.48. The Morgan fingerprint density at radius 1 is 1.19 bits per heavy atom. The minimum absolute atomic E-state index is 0.0355. The van der Waals surface area contributed by atoms with Crippen molar-refractivity contribution in [3.05, 3.63) is 57.6 Å². The Morgan fingerprint density at radius 3 is 2.72 bits per heavy atom. The summed E-state index contributed by atoms with van der Waals surface area (Å²) < 4.78 is 7.55. The number of halogens is 1. The Morgan fingerprint density at radius 2 is 1.97 bits per heavy atom. The van der Waals surface area contributed by atoms with E-state index >= 15 is 0 Å². The molecule has 2 aromatic rings. The molecule has 5 aliphatic rings. The number of hydrogen-bond acceptors (Lipinski definition) is 5. The van der Waals surface area contributed by atoms with Gasteiger partial charge in [0.1, 0.15) is 6.10 Å². The number of phenolic OH excluding ortho intramolecular Hbond substituents is 1. The highest BCUT2D eigenvalue weighted by molar-refractivity contribution is 9.10. The Balaban J connectivity index is 1.24. The molecule has 3 aliphatic carbocycles. The fraction of sp³-hybridized carbons (Fsp3) is 0.552. The second-order valence-electron chi connectivity index (χ2n) is 11.7. The van der Waals surface area contributed by atoms with Crippen molar-refractivity contribution >= 4 is 21.8 Å². The SMILES string of the molecule is CC(C(=O)NC1CC[C@@]2(O)[C@H]3Cc4ccc(O)c5c4[C@@]2(CCN3CC2CC2)C1O5)c1ccc(Br)cc1. The van der Waals surface area contributed by atoms with E-state index in [4.69, 9.17) is 4.74 Å². The van der Waals surface area contributed by atoms with Gasteiger partial charge in [0.05, 0.1) is 23.0 Å². The molecule has 2 saturated carbocycles. The number of carbonyl (C=O) groups excluding carboxylic acids is 1. The maximum atomic E-state index is 13.4. The van der Waals surface area contributed by atoms with Gasteiger partial charge in [-0.15, -0.1) is 0 Å². The number of hydrogen-bond donors (Lipinski definition) is 3. The standard InChI is InChI=1S/C29H33BrN2O4/c1-16(18-4-7-20(30)8-5-18)27(34)31-21-10-11-29(35)23-14-19-6-9-22(33)25-24(19)28(29,26(21)36-25)12-13-32(23)15-17-2-3-17/h4-9,16-17,21,23,26,33,35H,2-3,10-15H2,1H3,(H,31,34)/t16?,21?,23-,26?,28+,29-/m1/s1. The van der Waals surface area contributed by atoms with Crippen molar-refractivity contribution in [2.75, 3.05) is 13.1 Å². The second kappa shape index (κ2) is 7.95. The first-order chi connectivity index (χ1) is 17.3. The minimum Gasteiger partial charge on any atom is -0.504 e. The van der Waals surface area contributed by atoms with E-state index in [1.807, 2.05) is 37.3 Å². The summed E-state index contributed by atoms with van der Waals surface area (Å²) in [6, 6.07) is 11.4. The molecule has 190 valence electrons. The number of nitrogens with one attached hydrogen (secondary N) is 1. The first kappa shape index (κ1) is 23.1. The van der Waals surface area contributed by atoms with Crippen LogP contribution < -0.4 is 10.1 Å². The summed E-state index contributed by atoms with van der Waals surface area (Å²) in [5.74, 6) is 1.07. The predicted octanol–water partition coefficient (Wildman–Crippen LogP) is 4.01. The molecule has 0 radical (unpaired) electrons. The van der Waals surface area contributed by atoms with Crippen molar-refractivity contribution in [3.8, 4) is 11.5 Å². The Hall–Kier alpha value is -2.09. The van der Waals surface area contributed by atoms with E-state index in [0.29, 0.717) is 18.6 Å². The summed E-state index contributed by atoms with van der Waals surface area (Å²) in [4.78, 5) is 16.0. The number of aliphatic hydroxyl groups is 1. The summed E-state index contributed by atoms with van der Waals surface area (Å²) in [7, 11) is 0. The van der Waals surface area contributed by atoms with Crippen LogP contribution in [0.2, 0.25) is 0 Å². The van der Waals surface area contributed by atoms with E-state index in [1.165, 1.54) is 18.4 Å². The normalized spacial score (nSPS) is 35.0. The van der Waals surface area contributed by atoms with Crippen LogP contribution in [0.15, 0.2) is 40.9 Å². The van der Waals surface area contributed by atoms with E-state index < -0.39 is 17.1 Å². The van der Waals surface area contributed by atoms with Gasteiger partial charge in [-0.2, -0.15) is 0 Å². The van der Waals surface area contributed by atoms with Gasteiger partial charge in [-0.25, -0.2) is 0 Å². The fourth-order valence-corrected chi connectivity index (χ4v) is 8.10. The maximum Gasteiger partial charge on any atom is 0.227 e. The molecule has 7 heteroatoms. The smallest absolute Gasteiger partial charge is 0.227 e. The van der Waals surface area contributed by atoms with Crippen molar-refractivity contribution in [1.82, 2.24) is 10.2 Å². The lowest BCUT2D eigenvalue weighted by molar-refractivity contribution is -0.192. The molecular formula is C29H33BrN2O4. The Kier molecular flexibility index (Phi) is 5.09. The summed E-state index contributed by atoms with van der Waals surface area (Å²) in [6.07, 6.45) is 5.00. The first-order valence-corrected chi connectivity index (χ1v) is 14.2. The molecule has 2 heterocycles. The number of ether oxygens (including phenoxy) is 1. The van der Waals surface area contributed by atoms with Crippen molar-refractivity contribution in [1.29, 1.82) is 0 Å². The highest BCUT2D eigenvalue weighted by atomic mass is 79.9. The monoisotopic (exact) mass is 552 g/mol. The summed E-state index contributed by atoms with van der Waals surface area (Å²) >= 11 is 3.46. The van der Waals surface area contributed by atoms with Crippen LogP contribution >= 0.6 is 15.9 Å². The Bertz CT molecular complexity index is 1230. The number of likely N-dealkylation sites (tertiary alicyclic amines) is 1. The number of phenols is 1. The molecule has 3 unspecified atom stereocenters. The number of piperidine rings is 1. The molecule has 6 nitrogen and oxygen atoms in total. The summed E-state index contributed by atoms with van der Waals surface area (Å²) in [6.45, 7) is 3.89. The number of amides is 1. The third-order valence-corrected chi connectivity index (χ3v) is 10.4. The quantitative estimate of drug-likeness (QED) is 0.522. The molecule has 1 spiro atoms. The first-order valence-electron chi connectivity index (χ1n) is 13.4. The van der Waals surface area contributed by atoms with Crippen molar-refractivity contribution < 1.29 is 19.7 Å². The van der Waals surface area contributed by atoms with Gasteiger partial charge in [-0.3, -0.25) is 9.69 Å². The molecule has 1 amide bonds. The molecule has 1 saturated heterocycles. The van der Waals surface area contributed by atoms with Crippen LogP contribution in [0.5, 0.6) is 11.5 Å². The van der Waals surface area contributed by atoms with Gasteiger partial charge in [0, 0.05) is 22.6 Å². The zero-order valence-electron chi connectivity index (χ0n) is 20.5. The van der Waals surface area contributed by atoms with Crippen molar-refractivity contribution in [2.45, 2.75) is 80.6 Å². The highest BCUT2D eigenvalue weighted by Crippen LogP contribution is 2.65. The fourth-order valence-electron chi connectivity index (χ4n) is 7.84. The van der Waals surface area contributed by atoms with Gasteiger partial charge in [-0.05, 0) is 87.2 Å². The number of rotatable bonds is 5. The highest BCUT2D eigenvalue weighted by Gasteiger charge is 2.73. The lowest BCUT2D eigenvalue weighted by Crippen LogP contribution is -2.78.